The van der Waals surface area contributed by atoms with Crippen LogP contribution in [-0.2, 0) is 14.4 Å². The van der Waals surface area contributed by atoms with Crippen molar-refractivity contribution in [2.24, 2.45) is 5.92 Å². The number of amides is 3. The minimum absolute atomic E-state index is 0.0148. The fraction of sp³-hybridized carbons (Fsp3) is 0.615. The van der Waals surface area contributed by atoms with Crippen molar-refractivity contribution >= 4 is 40.9 Å². The van der Waals surface area contributed by atoms with E-state index >= 15 is 0 Å². The zero-order valence-corrected chi connectivity index (χ0v) is 22.1. The Morgan fingerprint density at radius 3 is 2.67 bits per heavy atom. The molecule has 36 heavy (non-hydrogen) atoms. The summed E-state index contributed by atoms with van der Waals surface area (Å²) in [6, 6.07) is 9.70. The van der Waals surface area contributed by atoms with Gasteiger partial charge in [-0.3, -0.25) is 14.4 Å². The van der Waals surface area contributed by atoms with Crippen LogP contribution in [0.2, 0.25) is 0 Å². The minimum Gasteiger partial charge on any atom is -0.385 e. The molecule has 2 aliphatic heterocycles. The first kappa shape index (κ1) is 27.8. The molecule has 196 valence electrons. The van der Waals surface area contributed by atoms with Gasteiger partial charge in [0.15, 0.2) is 0 Å². The van der Waals surface area contributed by atoms with Crippen LogP contribution in [0.5, 0.6) is 0 Å². The third-order valence-electron chi connectivity index (χ3n) is 6.56. The van der Waals surface area contributed by atoms with E-state index in [1.165, 1.54) is 24.6 Å². The fourth-order valence-electron chi connectivity index (χ4n) is 4.64. The Labute approximate surface area is 218 Å². The maximum atomic E-state index is 12.9. The van der Waals surface area contributed by atoms with Crippen molar-refractivity contribution in [3.05, 3.63) is 24.3 Å². The van der Waals surface area contributed by atoms with Gasteiger partial charge in [0, 0.05) is 50.4 Å². The number of carbonyl (C=O) groups excluding carboxylic acids is 3. The SMILES string of the molecule is CCNC(=O)C(C#N)CC1SC(CCNc2cccc(NC(=O)CCN3CCCC3)c2)C(=O)N1CC. The van der Waals surface area contributed by atoms with Gasteiger partial charge in [-0.2, -0.15) is 5.26 Å². The molecule has 1 aromatic rings. The normalized spacial score (nSPS) is 20.7. The lowest BCUT2D eigenvalue weighted by Crippen LogP contribution is -2.38. The number of benzene rings is 1. The second-order valence-electron chi connectivity index (χ2n) is 9.16. The fourth-order valence-corrected chi connectivity index (χ4v) is 6.23. The summed E-state index contributed by atoms with van der Waals surface area (Å²) in [5.74, 6) is -0.978. The lowest BCUT2D eigenvalue weighted by atomic mass is 10.1. The van der Waals surface area contributed by atoms with E-state index in [1.807, 2.05) is 38.1 Å². The van der Waals surface area contributed by atoms with Crippen molar-refractivity contribution < 1.29 is 14.4 Å². The van der Waals surface area contributed by atoms with Crippen molar-refractivity contribution in [2.45, 2.75) is 56.6 Å². The Morgan fingerprint density at radius 2 is 1.97 bits per heavy atom. The van der Waals surface area contributed by atoms with Crippen molar-refractivity contribution in [2.75, 3.05) is 49.9 Å². The summed E-state index contributed by atoms with van der Waals surface area (Å²) in [4.78, 5) is 41.5. The van der Waals surface area contributed by atoms with E-state index in [1.54, 1.807) is 4.90 Å². The number of rotatable bonds is 13. The molecule has 0 bridgehead atoms. The average molecular weight is 515 g/mol. The highest BCUT2D eigenvalue weighted by Gasteiger charge is 2.40. The van der Waals surface area contributed by atoms with Gasteiger partial charge in [0.05, 0.1) is 16.7 Å². The molecule has 3 N–H and O–H groups in total. The van der Waals surface area contributed by atoms with Crippen LogP contribution >= 0.6 is 11.8 Å². The van der Waals surface area contributed by atoms with E-state index in [2.05, 4.69) is 26.9 Å². The lowest BCUT2D eigenvalue weighted by Gasteiger charge is -2.23. The van der Waals surface area contributed by atoms with Crippen LogP contribution in [0.1, 0.15) is 46.0 Å². The van der Waals surface area contributed by atoms with E-state index < -0.39 is 5.92 Å². The van der Waals surface area contributed by atoms with Gasteiger partial charge in [0.25, 0.3) is 0 Å². The maximum absolute atomic E-state index is 12.9. The molecule has 9 nitrogen and oxygen atoms in total. The van der Waals surface area contributed by atoms with Gasteiger partial charge in [0.2, 0.25) is 17.7 Å². The highest BCUT2D eigenvalue weighted by molar-refractivity contribution is 8.01. The Bertz CT molecular complexity index is 946. The lowest BCUT2D eigenvalue weighted by molar-refractivity contribution is -0.131. The van der Waals surface area contributed by atoms with Crippen LogP contribution in [-0.4, -0.2) is 77.4 Å². The van der Waals surface area contributed by atoms with E-state index in [0.29, 0.717) is 38.9 Å². The molecule has 3 unspecified atom stereocenters. The van der Waals surface area contributed by atoms with E-state index in [-0.39, 0.29) is 28.3 Å². The average Bonchev–Trinajstić information content (AvgIpc) is 3.49. The monoisotopic (exact) mass is 514 g/mol. The highest BCUT2D eigenvalue weighted by atomic mass is 32.2. The van der Waals surface area contributed by atoms with Crippen LogP contribution in [0.4, 0.5) is 11.4 Å². The zero-order chi connectivity index (χ0) is 25.9. The summed E-state index contributed by atoms with van der Waals surface area (Å²) in [6.07, 6.45) is 3.87. The Kier molecular flexibility index (Phi) is 10.9. The molecule has 1 aromatic carbocycles. The van der Waals surface area contributed by atoms with Crippen LogP contribution < -0.4 is 16.0 Å². The second-order valence-corrected chi connectivity index (χ2v) is 10.5. The summed E-state index contributed by atoms with van der Waals surface area (Å²) in [6.45, 7) is 8.32. The third kappa shape index (κ3) is 7.87. The van der Waals surface area contributed by atoms with Crippen molar-refractivity contribution in [3.8, 4) is 6.07 Å². The molecule has 3 atom stereocenters. The summed E-state index contributed by atoms with van der Waals surface area (Å²) in [5.41, 5.74) is 1.63. The number of hydrogen-bond donors (Lipinski definition) is 3. The second kappa shape index (κ2) is 14.1. The molecule has 0 spiro atoms. The number of anilines is 2. The molecule has 10 heteroatoms. The zero-order valence-electron chi connectivity index (χ0n) is 21.3. The number of nitriles is 1. The van der Waals surface area contributed by atoms with Crippen LogP contribution in [0.15, 0.2) is 24.3 Å². The summed E-state index contributed by atoms with van der Waals surface area (Å²) in [7, 11) is 0. The number of thioether (sulfide) groups is 1. The summed E-state index contributed by atoms with van der Waals surface area (Å²) in [5, 5.41) is 18.1. The first-order valence-electron chi connectivity index (χ1n) is 12.9. The molecule has 3 amide bonds. The Hall–Kier alpha value is -2.77. The van der Waals surface area contributed by atoms with E-state index in [4.69, 9.17) is 0 Å². The van der Waals surface area contributed by atoms with E-state index in [9.17, 15) is 19.6 Å². The van der Waals surface area contributed by atoms with Crippen molar-refractivity contribution in [3.63, 3.8) is 0 Å². The number of hydrogen-bond acceptors (Lipinski definition) is 7. The first-order chi connectivity index (χ1) is 17.4. The van der Waals surface area contributed by atoms with Gasteiger partial charge in [-0.25, -0.2) is 0 Å². The van der Waals surface area contributed by atoms with Gasteiger partial charge in [-0.05, 0) is 64.4 Å². The molecule has 0 saturated carbocycles. The van der Waals surface area contributed by atoms with Crippen LogP contribution in [0, 0.1) is 17.2 Å². The largest absolute Gasteiger partial charge is 0.385 e. The highest BCUT2D eigenvalue weighted by Crippen LogP contribution is 2.37. The predicted molar refractivity (Wildman–Crippen MR) is 143 cm³/mol. The third-order valence-corrected chi connectivity index (χ3v) is 8.09. The van der Waals surface area contributed by atoms with Gasteiger partial charge in [-0.1, -0.05) is 6.07 Å². The first-order valence-corrected chi connectivity index (χ1v) is 13.9. The molecule has 2 heterocycles. The number of likely N-dealkylation sites (tertiary alicyclic amines) is 1. The smallest absolute Gasteiger partial charge is 0.237 e. The minimum atomic E-state index is -0.769. The topological polar surface area (TPSA) is 118 Å². The van der Waals surface area contributed by atoms with Crippen LogP contribution in [0.3, 0.4) is 0 Å². The number of nitrogens with zero attached hydrogens (tertiary/aromatic N) is 3. The van der Waals surface area contributed by atoms with Gasteiger partial charge < -0.3 is 25.8 Å². The van der Waals surface area contributed by atoms with Crippen molar-refractivity contribution in [1.82, 2.24) is 15.1 Å². The maximum Gasteiger partial charge on any atom is 0.237 e. The number of carbonyl (C=O) groups is 3. The quantitative estimate of drug-likeness (QED) is 0.370. The molecule has 0 aromatic heterocycles. The molecule has 2 fully saturated rings. The molecule has 2 saturated heterocycles. The molecular weight excluding hydrogens is 476 g/mol. The summed E-state index contributed by atoms with van der Waals surface area (Å²) < 4.78 is 0. The van der Waals surface area contributed by atoms with Crippen LogP contribution in [0.25, 0.3) is 0 Å². The predicted octanol–water partition coefficient (Wildman–Crippen LogP) is 2.87. The van der Waals surface area contributed by atoms with Gasteiger partial charge in [-0.15, -0.1) is 11.8 Å². The molecular formula is C26H38N6O3S. The van der Waals surface area contributed by atoms with Crippen molar-refractivity contribution in [1.29, 1.82) is 5.26 Å². The molecule has 3 rings (SSSR count). The van der Waals surface area contributed by atoms with Gasteiger partial charge >= 0.3 is 0 Å². The molecule has 0 aliphatic carbocycles. The van der Waals surface area contributed by atoms with Gasteiger partial charge in [0.1, 0.15) is 5.92 Å². The van der Waals surface area contributed by atoms with E-state index in [0.717, 1.165) is 31.0 Å². The number of nitrogens with one attached hydrogen (secondary N) is 3. The molecule has 2 aliphatic rings. The Balaban J connectivity index is 1.46. The molecule has 0 radical (unpaired) electrons. The summed E-state index contributed by atoms with van der Waals surface area (Å²) >= 11 is 1.54. The Morgan fingerprint density at radius 1 is 1.22 bits per heavy atom. The standard InChI is InChI=1S/C26H38N6O3S/c1-3-28-25(34)19(18-27)16-24-32(4-2)26(35)22(36-24)10-12-29-20-8-7-9-21(17-20)30-23(33)11-15-31-13-5-6-14-31/h7-9,17,19,22,24,29H,3-6,10-16H2,1-2H3,(H,28,34)(H,30,33).